The summed E-state index contributed by atoms with van der Waals surface area (Å²) in [7, 11) is 0. The second-order valence-electron chi connectivity index (χ2n) is 3.85. The summed E-state index contributed by atoms with van der Waals surface area (Å²) in [4.78, 5) is 14.0. The number of carbonyl (C=O) groups is 1. The maximum atomic E-state index is 12.3. The summed E-state index contributed by atoms with van der Waals surface area (Å²) in [6.45, 7) is 4.24. The number of nitrogens with zero attached hydrogens (tertiary/aromatic N) is 1. The Morgan fingerprint density at radius 3 is 2.79 bits per heavy atom. The van der Waals surface area contributed by atoms with Gasteiger partial charge in [-0.3, -0.25) is 4.79 Å². The van der Waals surface area contributed by atoms with Crippen molar-refractivity contribution in [1.29, 1.82) is 0 Å². The van der Waals surface area contributed by atoms with Crippen LogP contribution in [0.4, 0.5) is 0 Å². The van der Waals surface area contributed by atoms with Gasteiger partial charge in [-0.1, -0.05) is 15.9 Å². The Morgan fingerprint density at radius 1 is 1.47 bits per heavy atom. The molecule has 0 aromatic heterocycles. The van der Waals surface area contributed by atoms with Gasteiger partial charge in [0.2, 0.25) is 0 Å². The van der Waals surface area contributed by atoms with Crippen LogP contribution >= 0.6 is 38.5 Å². The molecule has 1 rings (SSSR count). The van der Waals surface area contributed by atoms with Gasteiger partial charge in [-0.2, -0.15) is 0 Å². The van der Waals surface area contributed by atoms with Crippen molar-refractivity contribution in [2.45, 2.75) is 6.92 Å². The number of aromatic hydroxyl groups is 1. The van der Waals surface area contributed by atoms with Gasteiger partial charge in [0.05, 0.1) is 16.8 Å². The topological polar surface area (TPSA) is 49.8 Å². The summed E-state index contributed by atoms with van der Waals surface area (Å²) in [6.07, 6.45) is 0. The van der Waals surface area contributed by atoms with Crippen molar-refractivity contribution in [2.24, 2.45) is 0 Å². The number of phenolic OH excluding ortho intramolecular Hbond substituents is 1. The largest absolute Gasteiger partial charge is 0.507 e. The van der Waals surface area contributed by atoms with E-state index >= 15 is 0 Å². The number of phenols is 1. The van der Waals surface area contributed by atoms with Gasteiger partial charge in [0, 0.05) is 24.0 Å². The molecule has 0 heterocycles. The fourth-order valence-electron chi connectivity index (χ4n) is 1.56. The molecule has 0 saturated heterocycles. The van der Waals surface area contributed by atoms with Gasteiger partial charge in [0.15, 0.2) is 0 Å². The minimum Gasteiger partial charge on any atom is -0.507 e. The molecule has 1 aromatic rings. The molecule has 6 heteroatoms. The van der Waals surface area contributed by atoms with Gasteiger partial charge in [-0.25, -0.2) is 0 Å². The zero-order valence-electron chi connectivity index (χ0n) is 10.7. The molecule has 0 atom stereocenters. The van der Waals surface area contributed by atoms with E-state index in [2.05, 4.69) is 15.9 Å². The molecular formula is C13H17BrINO3. The lowest BCUT2D eigenvalue weighted by Gasteiger charge is -2.21. The quantitative estimate of drug-likeness (QED) is 0.402. The molecule has 0 unspecified atom stereocenters. The number of halogens is 2. The summed E-state index contributed by atoms with van der Waals surface area (Å²) in [6, 6.07) is 4.97. The second-order valence-corrected chi connectivity index (χ2v) is 5.81. The van der Waals surface area contributed by atoms with E-state index in [1.165, 1.54) is 6.07 Å². The molecule has 19 heavy (non-hydrogen) atoms. The third-order valence-electron chi connectivity index (χ3n) is 2.59. The molecule has 4 nitrogen and oxygen atoms in total. The van der Waals surface area contributed by atoms with Gasteiger partial charge >= 0.3 is 0 Å². The molecule has 1 amide bonds. The van der Waals surface area contributed by atoms with E-state index < -0.39 is 0 Å². The average Bonchev–Trinajstić information content (AvgIpc) is 2.41. The van der Waals surface area contributed by atoms with Crippen LogP contribution in [0.15, 0.2) is 18.2 Å². The smallest absolute Gasteiger partial charge is 0.254 e. The maximum absolute atomic E-state index is 12.3. The standard InChI is InChI=1S/C13H17BrINO3/c1-2-16(6-8-19-7-5-14)13(18)10-3-4-11(15)12(17)9-10/h3-4,9,17H,2,5-8H2,1H3. The lowest BCUT2D eigenvalue weighted by atomic mass is 10.2. The van der Waals surface area contributed by atoms with E-state index in [0.29, 0.717) is 31.9 Å². The molecule has 0 fully saturated rings. The van der Waals surface area contributed by atoms with Crippen molar-refractivity contribution < 1.29 is 14.6 Å². The predicted octanol–water partition coefficient (Wildman–Crippen LogP) is 2.87. The highest BCUT2D eigenvalue weighted by Gasteiger charge is 2.15. The van der Waals surface area contributed by atoms with Crippen LogP contribution in [0, 0.1) is 3.57 Å². The van der Waals surface area contributed by atoms with Crippen molar-refractivity contribution >= 4 is 44.4 Å². The van der Waals surface area contributed by atoms with E-state index in [1.807, 2.05) is 29.5 Å². The molecule has 0 saturated carbocycles. The SMILES string of the molecule is CCN(CCOCCBr)C(=O)c1ccc(I)c(O)c1. The zero-order valence-corrected chi connectivity index (χ0v) is 14.5. The van der Waals surface area contributed by atoms with Crippen LogP contribution < -0.4 is 0 Å². The van der Waals surface area contributed by atoms with Crippen LogP contribution in [0.3, 0.4) is 0 Å². The van der Waals surface area contributed by atoms with Gasteiger partial charge in [-0.15, -0.1) is 0 Å². The van der Waals surface area contributed by atoms with Crippen molar-refractivity contribution in [2.75, 3.05) is 31.6 Å². The minimum absolute atomic E-state index is 0.0864. The number of rotatable bonds is 7. The zero-order chi connectivity index (χ0) is 14.3. The first kappa shape index (κ1) is 16.7. The van der Waals surface area contributed by atoms with E-state index in [1.54, 1.807) is 17.0 Å². The second kappa shape index (κ2) is 8.76. The highest BCUT2D eigenvalue weighted by molar-refractivity contribution is 14.1. The molecule has 1 N–H and O–H groups in total. The number of benzene rings is 1. The Bertz CT molecular complexity index is 428. The highest BCUT2D eigenvalue weighted by atomic mass is 127. The molecule has 0 aliphatic heterocycles. The minimum atomic E-state index is -0.0864. The third-order valence-corrected chi connectivity index (χ3v) is 3.82. The third kappa shape index (κ3) is 5.27. The summed E-state index contributed by atoms with van der Waals surface area (Å²) in [5, 5.41) is 10.4. The van der Waals surface area contributed by atoms with Crippen molar-refractivity contribution in [1.82, 2.24) is 4.90 Å². The molecule has 0 radical (unpaired) electrons. The van der Waals surface area contributed by atoms with Crippen molar-refractivity contribution in [3.8, 4) is 5.75 Å². The number of hydrogen-bond acceptors (Lipinski definition) is 3. The van der Waals surface area contributed by atoms with Gasteiger partial charge in [-0.05, 0) is 47.7 Å². The first-order valence-corrected chi connectivity index (χ1v) is 8.21. The number of carbonyl (C=O) groups excluding carboxylic acids is 1. The van der Waals surface area contributed by atoms with Crippen molar-refractivity contribution in [3.05, 3.63) is 27.3 Å². The van der Waals surface area contributed by atoms with Crippen LogP contribution in [0.2, 0.25) is 0 Å². The van der Waals surface area contributed by atoms with Crippen LogP contribution in [0.1, 0.15) is 17.3 Å². The van der Waals surface area contributed by atoms with Crippen LogP contribution in [-0.4, -0.2) is 47.5 Å². The highest BCUT2D eigenvalue weighted by Crippen LogP contribution is 2.21. The average molecular weight is 442 g/mol. The van der Waals surface area contributed by atoms with Gasteiger partial charge in [0.25, 0.3) is 5.91 Å². The van der Waals surface area contributed by atoms with E-state index in [4.69, 9.17) is 4.74 Å². The van der Waals surface area contributed by atoms with E-state index in [-0.39, 0.29) is 11.7 Å². The Morgan fingerprint density at radius 2 is 2.21 bits per heavy atom. The summed E-state index contributed by atoms with van der Waals surface area (Å²) < 4.78 is 6.09. The summed E-state index contributed by atoms with van der Waals surface area (Å²) in [5.74, 6) is 0.0506. The number of hydrogen-bond donors (Lipinski definition) is 1. The first-order chi connectivity index (χ1) is 9.10. The molecule has 1 aromatic carbocycles. The van der Waals surface area contributed by atoms with Gasteiger partial charge in [0.1, 0.15) is 5.75 Å². The Labute approximate surface area is 135 Å². The molecule has 0 bridgehead atoms. The van der Waals surface area contributed by atoms with E-state index in [9.17, 15) is 9.90 Å². The predicted molar refractivity (Wildman–Crippen MR) is 87.0 cm³/mol. The number of ether oxygens (including phenoxy) is 1. The molecular weight excluding hydrogens is 425 g/mol. The molecule has 0 spiro atoms. The fourth-order valence-corrected chi connectivity index (χ4v) is 2.13. The van der Waals surface area contributed by atoms with Crippen LogP contribution in [0.5, 0.6) is 5.75 Å². The molecule has 106 valence electrons. The first-order valence-electron chi connectivity index (χ1n) is 6.01. The van der Waals surface area contributed by atoms with Crippen molar-refractivity contribution in [3.63, 3.8) is 0 Å². The van der Waals surface area contributed by atoms with Crippen LogP contribution in [-0.2, 0) is 4.74 Å². The number of alkyl halides is 1. The Hall–Kier alpha value is -0.340. The van der Waals surface area contributed by atoms with E-state index in [0.717, 1.165) is 8.90 Å². The normalized spacial score (nSPS) is 10.5. The monoisotopic (exact) mass is 441 g/mol. The Balaban J connectivity index is 2.64. The summed E-state index contributed by atoms with van der Waals surface area (Å²) in [5.41, 5.74) is 0.500. The molecule has 0 aliphatic rings. The summed E-state index contributed by atoms with van der Waals surface area (Å²) >= 11 is 5.30. The lowest BCUT2D eigenvalue weighted by molar-refractivity contribution is 0.0672. The Kier molecular flexibility index (Phi) is 7.70. The van der Waals surface area contributed by atoms with Crippen LogP contribution in [0.25, 0.3) is 0 Å². The molecule has 0 aliphatic carbocycles. The number of amides is 1. The lowest BCUT2D eigenvalue weighted by Crippen LogP contribution is -2.34. The fraction of sp³-hybridized carbons (Fsp3) is 0.462. The van der Waals surface area contributed by atoms with Gasteiger partial charge < -0.3 is 14.7 Å². The number of likely N-dealkylation sites (N-methyl/N-ethyl adjacent to an activating group) is 1. The maximum Gasteiger partial charge on any atom is 0.254 e.